The highest BCUT2D eigenvalue weighted by molar-refractivity contribution is 7.15. The first-order valence-corrected chi connectivity index (χ1v) is 7.71. The molecule has 2 rings (SSSR count). The molecule has 1 heterocycles. The van der Waals surface area contributed by atoms with Gasteiger partial charge in [-0.05, 0) is 18.4 Å². The van der Waals surface area contributed by atoms with Gasteiger partial charge in [0, 0.05) is 23.2 Å². The molecule has 0 spiro atoms. The third kappa shape index (κ3) is 3.67. The van der Waals surface area contributed by atoms with Crippen LogP contribution in [0.5, 0.6) is 0 Å². The van der Waals surface area contributed by atoms with E-state index >= 15 is 0 Å². The average Bonchev–Trinajstić information content (AvgIpc) is 2.95. The summed E-state index contributed by atoms with van der Waals surface area (Å²) in [5.41, 5.74) is 0.738. The monoisotopic (exact) mass is 319 g/mol. The molecular weight excluding hydrogens is 302 g/mol. The molecule has 1 aromatic heterocycles. The van der Waals surface area contributed by atoms with Crippen LogP contribution >= 0.6 is 11.3 Å². The van der Waals surface area contributed by atoms with Crippen molar-refractivity contribution in [3.8, 4) is 0 Å². The molecule has 116 valence electrons. The molecule has 7 heteroatoms. The lowest BCUT2D eigenvalue weighted by atomic mass is 10.0. The van der Waals surface area contributed by atoms with Crippen molar-refractivity contribution in [3.05, 3.63) is 51.0 Å². The summed E-state index contributed by atoms with van der Waals surface area (Å²) in [5.74, 6) is -0.221. The van der Waals surface area contributed by atoms with Gasteiger partial charge in [-0.2, -0.15) is 0 Å². The van der Waals surface area contributed by atoms with Crippen LogP contribution in [0.1, 0.15) is 43.0 Å². The molecule has 0 saturated carbocycles. The Bertz CT molecular complexity index is 680. The molecule has 22 heavy (non-hydrogen) atoms. The minimum absolute atomic E-state index is 0.0119. The van der Waals surface area contributed by atoms with Crippen LogP contribution in [0.3, 0.4) is 0 Å². The summed E-state index contributed by atoms with van der Waals surface area (Å²) < 4.78 is 0. The quantitative estimate of drug-likeness (QED) is 0.668. The molecule has 0 fully saturated rings. The third-order valence-corrected chi connectivity index (χ3v) is 4.53. The number of anilines is 1. The summed E-state index contributed by atoms with van der Waals surface area (Å²) in [4.78, 5) is 27.7. The summed E-state index contributed by atoms with van der Waals surface area (Å²) in [6.07, 6.45) is 1.77. The molecular formula is C15H17N3O3S. The van der Waals surface area contributed by atoms with Crippen LogP contribution in [0, 0.1) is 10.1 Å². The Morgan fingerprint density at radius 1 is 1.27 bits per heavy atom. The van der Waals surface area contributed by atoms with E-state index in [0.717, 1.165) is 10.4 Å². The van der Waals surface area contributed by atoms with Gasteiger partial charge in [0.25, 0.3) is 5.69 Å². The zero-order valence-corrected chi connectivity index (χ0v) is 13.4. The van der Waals surface area contributed by atoms with Crippen LogP contribution in [0.15, 0.2) is 30.5 Å². The molecule has 0 aliphatic carbocycles. The number of nitrogens with zero attached hydrogens (tertiary/aromatic N) is 2. The molecule has 2 aromatic rings. The molecule has 1 N–H and O–H groups in total. The van der Waals surface area contributed by atoms with Gasteiger partial charge < -0.3 is 5.32 Å². The number of nitro groups is 1. The smallest absolute Gasteiger partial charge is 0.269 e. The number of nitrogens with one attached hydrogen (secondary N) is 1. The number of non-ortho nitro benzene ring substituents is 1. The summed E-state index contributed by atoms with van der Waals surface area (Å²) in [6, 6.07) is 6.01. The number of rotatable bonds is 5. The Kier molecular flexibility index (Phi) is 4.87. The predicted octanol–water partition coefficient (Wildman–Crippen LogP) is 3.92. The Hall–Kier alpha value is -2.28. The number of nitro benzene ring substituents is 1. The van der Waals surface area contributed by atoms with Crippen LogP contribution in [0.25, 0.3) is 0 Å². The Morgan fingerprint density at radius 3 is 2.41 bits per heavy atom. The number of hydrogen-bond acceptors (Lipinski definition) is 5. The van der Waals surface area contributed by atoms with E-state index < -0.39 is 10.8 Å². The lowest BCUT2D eigenvalue weighted by Crippen LogP contribution is -2.18. The predicted molar refractivity (Wildman–Crippen MR) is 86.3 cm³/mol. The Balaban J connectivity index is 2.06. The first-order valence-electron chi connectivity index (χ1n) is 6.89. The number of benzene rings is 1. The van der Waals surface area contributed by atoms with Gasteiger partial charge in [0.05, 0.1) is 10.8 Å². The van der Waals surface area contributed by atoms with Gasteiger partial charge in [-0.1, -0.05) is 26.0 Å². The number of carbonyl (C=O) groups is 1. The van der Waals surface area contributed by atoms with Gasteiger partial charge in [-0.25, -0.2) is 4.98 Å². The molecule has 1 aromatic carbocycles. The van der Waals surface area contributed by atoms with E-state index in [1.807, 2.05) is 0 Å². The fourth-order valence-electron chi connectivity index (χ4n) is 1.86. The van der Waals surface area contributed by atoms with Crippen LogP contribution in [0.4, 0.5) is 10.8 Å². The average molecular weight is 319 g/mol. The second-order valence-corrected chi connectivity index (χ2v) is 6.34. The first kappa shape index (κ1) is 16.1. The Morgan fingerprint density at radius 2 is 1.91 bits per heavy atom. The minimum Gasteiger partial charge on any atom is -0.301 e. The van der Waals surface area contributed by atoms with Crippen molar-refractivity contribution >= 4 is 28.1 Å². The van der Waals surface area contributed by atoms with Crippen molar-refractivity contribution in [1.29, 1.82) is 0 Å². The normalized spacial score (nSPS) is 12.2. The van der Waals surface area contributed by atoms with Crippen molar-refractivity contribution in [3.63, 3.8) is 0 Å². The van der Waals surface area contributed by atoms with E-state index in [-0.39, 0.29) is 11.6 Å². The van der Waals surface area contributed by atoms with Gasteiger partial charge in [-0.15, -0.1) is 11.3 Å². The SMILES string of the molecule is CC(C)c1cnc(NC(=O)C(C)c2ccc([N+](=O)[O-])cc2)s1. The van der Waals surface area contributed by atoms with Crippen molar-refractivity contribution in [2.24, 2.45) is 0 Å². The van der Waals surface area contributed by atoms with E-state index in [1.165, 1.54) is 23.5 Å². The second kappa shape index (κ2) is 6.65. The number of carbonyl (C=O) groups excluding carboxylic acids is 1. The molecule has 0 bridgehead atoms. The van der Waals surface area contributed by atoms with Crippen molar-refractivity contribution < 1.29 is 9.72 Å². The summed E-state index contributed by atoms with van der Waals surface area (Å²) in [5, 5.41) is 14.0. The third-order valence-electron chi connectivity index (χ3n) is 3.32. The van der Waals surface area contributed by atoms with E-state index in [9.17, 15) is 14.9 Å². The van der Waals surface area contributed by atoms with E-state index in [0.29, 0.717) is 11.0 Å². The van der Waals surface area contributed by atoms with Gasteiger partial charge in [0.1, 0.15) is 0 Å². The summed E-state index contributed by atoms with van der Waals surface area (Å²) in [6.45, 7) is 5.89. The molecule has 1 atom stereocenters. The fraction of sp³-hybridized carbons (Fsp3) is 0.333. The maximum Gasteiger partial charge on any atom is 0.269 e. The zero-order valence-electron chi connectivity index (χ0n) is 12.6. The maximum atomic E-state index is 12.2. The molecule has 0 aliphatic heterocycles. The fourth-order valence-corrected chi connectivity index (χ4v) is 2.68. The zero-order chi connectivity index (χ0) is 16.3. The number of aromatic nitrogens is 1. The van der Waals surface area contributed by atoms with Gasteiger partial charge in [0.2, 0.25) is 5.91 Å². The highest BCUT2D eigenvalue weighted by Crippen LogP contribution is 2.26. The largest absolute Gasteiger partial charge is 0.301 e. The first-order chi connectivity index (χ1) is 10.4. The summed E-state index contributed by atoms with van der Waals surface area (Å²) >= 11 is 1.46. The van der Waals surface area contributed by atoms with Gasteiger partial charge in [-0.3, -0.25) is 14.9 Å². The van der Waals surface area contributed by atoms with Crippen LogP contribution in [0.2, 0.25) is 0 Å². The molecule has 1 amide bonds. The second-order valence-electron chi connectivity index (χ2n) is 5.28. The topological polar surface area (TPSA) is 85.1 Å². The molecule has 1 unspecified atom stereocenters. The van der Waals surface area contributed by atoms with Crippen LogP contribution in [-0.4, -0.2) is 15.8 Å². The molecule has 0 radical (unpaired) electrons. The van der Waals surface area contributed by atoms with Crippen molar-refractivity contribution in [1.82, 2.24) is 4.98 Å². The molecule has 0 aliphatic rings. The van der Waals surface area contributed by atoms with E-state index in [4.69, 9.17) is 0 Å². The standard InChI is InChI=1S/C15H17N3O3S/c1-9(2)13-8-16-15(22-13)17-14(19)10(3)11-4-6-12(7-5-11)18(20)21/h4-10H,1-3H3,(H,16,17,19). The lowest BCUT2D eigenvalue weighted by molar-refractivity contribution is -0.384. The molecule has 6 nitrogen and oxygen atoms in total. The van der Waals surface area contributed by atoms with Crippen molar-refractivity contribution in [2.45, 2.75) is 32.6 Å². The molecule has 0 saturated heterocycles. The van der Waals surface area contributed by atoms with Crippen LogP contribution < -0.4 is 5.32 Å². The van der Waals surface area contributed by atoms with E-state index in [1.54, 1.807) is 25.3 Å². The van der Waals surface area contributed by atoms with Gasteiger partial charge >= 0.3 is 0 Å². The number of amides is 1. The minimum atomic E-state index is -0.461. The van der Waals surface area contributed by atoms with Crippen LogP contribution in [-0.2, 0) is 4.79 Å². The maximum absolute atomic E-state index is 12.2. The lowest BCUT2D eigenvalue weighted by Gasteiger charge is -2.10. The van der Waals surface area contributed by atoms with Gasteiger partial charge in [0.15, 0.2) is 5.13 Å². The highest BCUT2D eigenvalue weighted by Gasteiger charge is 2.18. The summed E-state index contributed by atoms with van der Waals surface area (Å²) in [7, 11) is 0. The van der Waals surface area contributed by atoms with E-state index in [2.05, 4.69) is 24.1 Å². The number of thiazole rings is 1. The Labute approximate surface area is 132 Å². The highest BCUT2D eigenvalue weighted by atomic mass is 32.1. The van der Waals surface area contributed by atoms with Crippen molar-refractivity contribution in [2.75, 3.05) is 5.32 Å². The number of hydrogen-bond donors (Lipinski definition) is 1.